The van der Waals surface area contributed by atoms with Crippen LogP contribution in [0.25, 0.3) is 0 Å². The zero-order valence-electron chi connectivity index (χ0n) is 11.4. The third kappa shape index (κ3) is 3.82. The highest BCUT2D eigenvalue weighted by atomic mass is 19.1. The fraction of sp³-hybridized carbons (Fsp3) is 0.438. The van der Waals surface area contributed by atoms with Gasteiger partial charge in [-0.25, -0.2) is 4.39 Å². The molecule has 0 atom stereocenters. The van der Waals surface area contributed by atoms with Crippen molar-refractivity contribution in [1.29, 1.82) is 0 Å². The molecule has 0 unspecified atom stereocenters. The van der Waals surface area contributed by atoms with E-state index in [1.54, 1.807) is 6.07 Å². The summed E-state index contributed by atoms with van der Waals surface area (Å²) in [5, 5.41) is 2.90. The predicted molar refractivity (Wildman–Crippen MR) is 76.7 cm³/mol. The van der Waals surface area contributed by atoms with Gasteiger partial charge in [0.15, 0.2) is 0 Å². The van der Waals surface area contributed by atoms with Crippen molar-refractivity contribution in [1.82, 2.24) is 5.32 Å². The minimum atomic E-state index is -0.540. The number of nitrogens with two attached hydrogens (primary N) is 1. The van der Waals surface area contributed by atoms with E-state index in [1.165, 1.54) is 18.6 Å². The summed E-state index contributed by atoms with van der Waals surface area (Å²) in [5.41, 5.74) is 5.87. The van der Waals surface area contributed by atoms with E-state index in [-0.39, 0.29) is 24.1 Å². The quantitative estimate of drug-likeness (QED) is 0.812. The summed E-state index contributed by atoms with van der Waals surface area (Å²) in [6.07, 6.45) is 5.43. The van der Waals surface area contributed by atoms with Gasteiger partial charge in [-0.1, -0.05) is 31.1 Å². The maximum atomic E-state index is 13.9. The SMILES string of the molecule is NCC#Cc1ccc(C(=O)NC2CCCCC2)c(F)c1. The van der Waals surface area contributed by atoms with Crippen molar-refractivity contribution in [3.63, 3.8) is 0 Å². The van der Waals surface area contributed by atoms with Gasteiger partial charge in [0.1, 0.15) is 5.82 Å². The van der Waals surface area contributed by atoms with Crippen LogP contribution in [0.5, 0.6) is 0 Å². The first-order chi connectivity index (χ1) is 9.70. The van der Waals surface area contributed by atoms with Crippen molar-refractivity contribution in [2.75, 3.05) is 6.54 Å². The molecule has 0 aromatic heterocycles. The Bertz CT molecular complexity index is 539. The Morgan fingerprint density at radius 3 is 2.75 bits per heavy atom. The Balaban J connectivity index is 2.05. The highest BCUT2D eigenvalue weighted by Crippen LogP contribution is 2.18. The first-order valence-corrected chi connectivity index (χ1v) is 7.00. The molecule has 0 radical (unpaired) electrons. The van der Waals surface area contributed by atoms with E-state index in [0.717, 1.165) is 25.7 Å². The van der Waals surface area contributed by atoms with Crippen LogP contribution in [-0.4, -0.2) is 18.5 Å². The third-order valence-electron chi connectivity index (χ3n) is 3.49. The van der Waals surface area contributed by atoms with Crippen LogP contribution in [0.2, 0.25) is 0 Å². The van der Waals surface area contributed by atoms with E-state index < -0.39 is 5.82 Å². The monoisotopic (exact) mass is 274 g/mol. The van der Waals surface area contributed by atoms with Gasteiger partial charge in [-0.2, -0.15) is 0 Å². The van der Waals surface area contributed by atoms with Gasteiger partial charge in [-0.15, -0.1) is 0 Å². The van der Waals surface area contributed by atoms with E-state index in [4.69, 9.17) is 5.73 Å². The lowest BCUT2D eigenvalue weighted by Crippen LogP contribution is -2.36. The van der Waals surface area contributed by atoms with Gasteiger partial charge in [0, 0.05) is 11.6 Å². The fourth-order valence-corrected chi connectivity index (χ4v) is 2.44. The normalized spacial score (nSPS) is 15.3. The number of hydrogen-bond donors (Lipinski definition) is 2. The Kier molecular flexibility index (Phi) is 5.14. The molecule has 1 aliphatic rings. The second-order valence-electron chi connectivity index (χ2n) is 5.01. The van der Waals surface area contributed by atoms with Gasteiger partial charge in [-0.05, 0) is 31.0 Å². The number of hydrogen-bond acceptors (Lipinski definition) is 2. The topological polar surface area (TPSA) is 55.1 Å². The first kappa shape index (κ1) is 14.5. The summed E-state index contributed by atoms with van der Waals surface area (Å²) >= 11 is 0. The number of benzene rings is 1. The largest absolute Gasteiger partial charge is 0.349 e. The van der Waals surface area contributed by atoms with E-state index in [2.05, 4.69) is 17.2 Å². The number of carbonyl (C=O) groups excluding carboxylic acids is 1. The average Bonchev–Trinajstić information content (AvgIpc) is 2.46. The Morgan fingerprint density at radius 2 is 2.10 bits per heavy atom. The molecule has 1 aromatic rings. The predicted octanol–water partition coefficient (Wildman–Crippen LogP) is 2.20. The summed E-state index contributed by atoms with van der Waals surface area (Å²) in [6.45, 7) is 0.228. The Morgan fingerprint density at radius 1 is 1.35 bits per heavy atom. The molecule has 0 bridgehead atoms. The van der Waals surface area contributed by atoms with Crippen molar-refractivity contribution in [2.45, 2.75) is 38.1 Å². The van der Waals surface area contributed by atoms with Crippen LogP contribution in [0.3, 0.4) is 0 Å². The lowest BCUT2D eigenvalue weighted by Gasteiger charge is -2.22. The summed E-state index contributed by atoms with van der Waals surface area (Å²) < 4.78 is 13.9. The van der Waals surface area contributed by atoms with E-state index in [0.29, 0.717) is 5.56 Å². The highest BCUT2D eigenvalue weighted by Gasteiger charge is 2.18. The molecule has 0 saturated heterocycles. The molecule has 1 fully saturated rings. The van der Waals surface area contributed by atoms with Crippen LogP contribution in [0.1, 0.15) is 48.0 Å². The second kappa shape index (κ2) is 7.06. The first-order valence-electron chi connectivity index (χ1n) is 7.00. The number of halogens is 1. The van der Waals surface area contributed by atoms with Gasteiger partial charge < -0.3 is 11.1 Å². The molecule has 1 saturated carbocycles. The zero-order chi connectivity index (χ0) is 14.4. The molecule has 3 N–H and O–H groups in total. The molecule has 4 heteroatoms. The van der Waals surface area contributed by atoms with Crippen molar-refractivity contribution in [3.05, 3.63) is 35.1 Å². The average molecular weight is 274 g/mol. The zero-order valence-corrected chi connectivity index (χ0v) is 11.4. The summed E-state index contributed by atoms with van der Waals surface area (Å²) in [6, 6.07) is 4.57. The van der Waals surface area contributed by atoms with Gasteiger partial charge in [0.25, 0.3) is 5.91 Å². The van der Waals surface area contributed by atoms with Crippen molar-refractivity contribution in [3.8, 4) is 11.8 Å². The molecule has 106 valence electrons. The standard InChI is InChI=1S/C16H19FN2O/c17-15-11-12(5-4-10-18)8-9-14(15)16(20)19-13-6-2-1-3-7-13/h8-9,11,13H,1-3,6-7,10,18H2,(H,19,20). The maximum Gasteiger partial charge on any atom is 0.254 e. The van der Waals surface area contributed by atoms with E-state index in [9.17, 15) is 9.18 Å². The minimum absolute atomic E-state index is 0.0777. The van der Waals surface area contributed by atoms with Gasteiger partial charge in [-0.3, -0.25) is 4.79 Å². The molecule has 1 aliphatic carbocycles. The number of nitrogens with one attached hydrogen (secondary N) is 1. The van der Waals surface area contributed by atoms with Crippen molar-refractivity contribution in [2.24, 2.45) is 5.73 Å². The number of carbonyl (C=O) groups is 1. The second-order valence-corrected chi connectivity index (χ2v) is 5.01. The minimum Gasteiger partial charge on any atom is -0.349 e. The van der Waals surface area contributed by atoms with Crippen LogP contribution >= 0.6 is 0 Å². The lowest BCUT2D eigenvalue weighted by atomic mass is 9.95. The van der Waals surface area contributed by atoms with Crippen LogP contribution in [-0.2, 0) is 0 Å². The fourth-order valence-electron chi connectivity index (χ4n) is 2.44. The van der Waals surface area contributed by atoms with Crippen LogP contribution in [0.4, 0.5) is 4.39 Å². The maximum absolute atomic E-state index is 13.9. The number of rotatable bonds is 2. The van der Waals surface area contributed by atoms with E-state index in [1.807, 2.05) is 0 Å². The summed E-state index contributed by atoms with van der Waals surface area (Å²) in [5.74, 6) is 4.52. The van der Waals surface area contributed by atoms with Gasteiger partial charge in [0.2, 0.25) is 0 Å². The molecule has 0 aliphatic heterocycles. The molecule has 2 rings (SSSR count). The van der Waals surface area contributed by atoms with Gasteiger partial charge in [0.05, 0.1) is 12.1 Å². The van der Waals surface area contributed by atoms with Crippen LogP contribution < -0.4 is 11.1 Å². The molecule has 20 heavy (non-hydrogen) atoms. The van der Waals surface area contributed by atoms with Crippen LogP contribution in [0.15, 0.2) is 18.2 Å². The van der Waals surface area contributed by atoms with Crippen LogP contribution in [0, 0.1) is 17.7 Å². The van der Waals surface area contributed by atoms with Gasteiger partial charge >= 0.3 is 0 Å². The van der Waals surface area contributed by atoms with Crippen molar-refractivity contribution >= 4 is 5.91 Å². The molecule has 0 heterocycles. The summed E-state index contributed by atoms with van der Waals surface area (Å²) in [7, 11) is 0. The molecule has 1 aromatic carbocycles. The van der Waals surface area contributed by atoms with E-state index >= 15 is 0 Å². The molecular weight excluding hydrogens is 255 g/mol. The molecular formula is C16H19FN2O. The Hall–Kier alpha value is -1.86. The van der Waals surface area contributed by atoms with Crippen molar-refractivity contribution < 1.29 is 9.18 Å². The molecule has 1 amide bonds. The highest BCUT2D eigenvalue weighted by molar-refractivity contribution is 5.94. The Labute approximate surface area is 118 Å². The number of amides is 1. The third-order valence-corrected chi connectivity index (χ3v) is 3.49. The molecule has 0 spiro atoms. The summed E-state index contributed by atoms with van der Waals surface area (Å²) in [4.78, 5) is 12.1. The lowest BCUT2D eigenvalue weighted by molar-refractivity contribution is 0.0923. The molecule has 3 nitrogen and oxygen atoms in total. The smallest absolute Gasteiger partial charge is 0.254 e.